The molecule has 0 amide bonds. The zero-order chi connectivity index (χ0) is 26.1. The maximum atomic E-state index is 11.1. The van der Waals surface area contributed by atoms with Gasteiger partial charge in [-0.2, -0.15) is 10.2 Å². The minimum absolute atomic E-state index is 0.201. The van der Waals surface area contributed by atoms with Crippen molar-refractivity contribution in [3.63, 3.8) is 0 Å². The summed E-state index contributed by atoms with van der Waals surface area (Å²) in [5.41, 5.74) is 0.550. The van der Waals surface area contributed by atoms with Crippen molar-refractivity contribution in [2.75, 3.05) is 7.11 Å². The highest BCUT2D eigenvalue weighted by atomic mass is 16.7. The van der Waals surface area contributed by atoms with Crippen LogP contribution in [0.4, 0.5) is 0 Å². The molecule has 0 bridgehead atoms. The zero-order valence-electron chi connectivity index (χ0n) is 22.4. The molecule has 2 aromatic rings. The Morgan fingerprint density at radius 3 is 1.89 bits per heavy atom. The molecular weight excluding hydrogens is 450 g/mol. The summed E-state index contributed by atoms with van der Waals surface area (Å²) in [6.45, 7) is 16.9. The number of aromatic amines is 1. The molecule has 2 fully saturated rings. The van der Waals surface area contributed by atoms with Gasteiger partial charge in [-0.3, -0.25) is 14.6 Å². The van der Waals surface area contributed by atoms with Gasteiger partial charge in [0.05, 0.1) is 29.5 Å². The first-order chi connectivity index (χ1) is 16.2. The Morgan fingerprint density at radius 2 is 1.43 bits per heavy atom. The summed E-state index contributed by atoms with van der Waals surface area (Å²) in [5.74, 6) is -0.201. The van der Waals surface area contributed by atoms with Crippen LogP contribution >= 0.6 is 0 Å². The van der Waals surface area contributed by atoms with E-state index in [0.29, 0.717) is 19.4 Å². The fraction of sp³-hybridized carbons (Fsp3) is 0.696. The third-order valence-electron chi connectivity index (χ3n) is 7.22. The number of nitrogens with one attached hydrogen (secondary N) is 1. The van der Waals surface area contributed by atoms with Gasteiger partial charge in [0.2, 0.25) is 0 Å². The molecule has 4 heterocycles. The lowest BCUT2D eigenvalue weighted by Gasteiger charge is -2.32. The van der Waals surface area contributed by atoms with Crippen molar-refractivity contribution in [2.24, 2.45) is 0 Å². The van der Waals surface area contributed by atoms with Gasteiger partial charge in [-0.1, -0.05) is 0 Å². The second-order valence-corrected chi connectivity index (χ2v) is 10.9. The van der Waals surface area contributed by atoms with E-state index in [4.69, 9.17) is 18.6 Å². The zero-order valence-corrected chi connectivity index (χ0v) is 22.4. The third kappa shape index (κ3) is 6.17. The van der Waals surface area contributed by atoms with Crippen LogP contribution in [0.25, 0.3) is 0 Å². The molecule has 2 aromatic heterocycles. The summed E-state index contributed by atoms with van der Waals surface area (Å²) in [5, 5.41) is 10.9. The van der Waals surface area contributed by atoms with Crippen molar-refractivity contribution in [3.05, 3.63) is 24.8 Å². The van der Waals surface area contributed by atoms with E-state index in [1.807, 2.05) is 61.6 Å². The Hall–Kier alpha value is -2.14. The molecule has 0 spiro atoms. The molecule has 0 atom stereocenters. The summed E-state index contributed by atoms with van der Waals surface area (Å²) < 4.78 is 30.0. The molecule has 0 unspecified atom stereocenters. The summed E-state index contributed by atoms with van der Waals surface area (Å²) >= 11 is 0. The number of rotatable bonds is 6. The number of aryl methyl sites for hydroxylation is 1. The number of nitrogens with zero attached hydrogens (tertiary/aromatic N) is 3. The van der Waals surface area contributed by atoms with Gasteiger partial charge in [0.15, 0.2) is 0 Å². The number of hydrogen-bond donors (Lipinski definition) is 1. The first-order valence-electron chi connectivity index (χ1n) is 12.0. The second kappa shape index (κ2) is 10.1. The Morgan fingerprint density at radius 1 is 0.914 bits per heavy atom. The standard InChI is InChI=1S/C14H23BN2O4.C9H15BN2O2/c1-13(2)14(3,4)21-15(20-13)11-9-16-17(10-11)8-6-7-12(18)19-5;1-8(2)9(3,4)14-10(13-8)7-5-11-12-6-7/h9-10H,6-8H2,1-5H3;5-6H,1-4H3,(H,11,12). The number of esters is 1. The fourth-order valence-electron chi connectivity index (χ4n) is 3.46. The van der Waals surface area contributed by atoms with E-state index in [-0.39, 0.29) is 35.5 Å². The summed E-state index contributed by atoms with van der Waals surface area (Å²) in [6.07, 6.45) is 8.25. The van der Waals surface area contributed by atoms with Crippen molar-refractivity contribution in [1.29, 1.82) is 0 Å². The van der Waals surface area contributed by atoms with E-state index in [1.165, 1.54) is 7.11 Å². The molecule has 12 heteroatoms. The average Bonchev–Trinajstić information content (AvgIpc) is 3.50. The van der Waals surface area contributed by atoms with Gasteiger partial charge < -0.3 is 23.4 Å². The van der Waals surface area contributed by atoms with Crippen molar-refractivity contribution >= 4 is 31.1 Å². The predicted octanol–water partition coefficient (Wildman–Crippen LogP) is 1.84. The smallest absolute Gasteiger partial charge is 0.469 e. The van der Waals surface area contributed by atoms with Crippen LogP contribution in [-0.4, -0.2) is 69.7 Å². The fourth-order valence-corrected chi connectivity index (χ4v) is 3.46. The molecule has 2 aliphatic rings. The van der Waals surface area contributed by atoms with Crippen LogP contribution in [0.15, 0.2) is 24.8 Å². The predicted molar refractivity (Wildman–Crippen MR) is 133 cm³/mol. The maximum Gasteiger partial charge on any atom is 0.498 e. The second-order valence-electron chi connectivity index (χ2n) is 10.9. The topological polar surface area (TPSA) is 110 Å². The molecule has 0 saturated carbocycles. The van der Waals surface area contributed by atoms with Crippen molar-refractivity contribution in [2.45, 2.75) is 97.2 Å². The Balaban J connectivity index is 0.000000211. The van der Waals surface area contributed by atoms with Crippen LogP contribution < -0.4 is 10.9 Å². The highest BCUT2D eigenvalue weighted by Crippen LogP contribution is 2.37. The molecule has 0 radical (unpaired) electrons. The van der Waals surface area contributed by atoms with E-state index < -0.39 is 7.12 Å². The van der Waals surface area contributed by atoms with Crippen LogP contribution in [0.5, 0.6) is 0 Å². The number of methoxy groups -OCH3 is 1. The lowest BCUT2D eigenvalue weighted by molar-refractivity contribution is -0.140. The molecule has 35 heavy (non-hydrogen) atoms. The van der Waals surface area contributed by atoms with Gasteiger partial charge in [0.1, 0.15) is 0 Å². The van der Waals surface area contributed by atoms with E-state index in [2.05, 4.69) is 20.0 Å². The lowest BCUT2D eigenvalue weighted by atomic mass is 9.82. The van der Waals surface area contributed by atoms with E-state index in [9.17, 15) is 4.79 Å². The summed E-state index contributed by atoms with van der Waals surface area (Å²) in [6, 6.07) is 0. The van der Waals surface area contributed by atoms with Crippen LogP contribution in [-0.2, 0) is 34.7 Å². The van der Waals surface area contributed by atoms with Crippen LogP contribution in [0, 0.1) is 0 Å². The maximum absolute atomic E-state index is 11.1. The monoisotopic (exact) mass is 488 g/mol. The van der Waals surface area contributed by atoms with E-state index >= 15 is 0 Å². The SMILES string of the molecule is CC1(C)OB(c2cn[nH]c2)OC1(C)C.COC(=O)CCCn1cc(B2OC(C)(C)C(C)(C)O2)cn1. The Kier molecular flexibility index (Phi) is 7.91. The lowest BCUT2D eigenvalue weighted by Crippen LogP contribution is -2.41. The first-order valence-corrected chi connectivity index (χ1v) is 12.0. The van der Waals surface area contributed by atoms with E-state index in [0.717, 1.165) is 10.9 Å². The van der Waals surface area contributed by atoms with Crippen LogP contribution in [0.3, 0.4) is 0 Å². The quantitative estimate of drug-likeness (QED) is 0.485. The number of carbonyl (C=O) groups is 1. The highest BCUT2D eigenvalue weighted by Gasteiger charge is 2.53. The Labute approximate surface area is 208 Å². The van der Waals surface area contributed by atoms with Gasteiger partial charge in [0, 0.05) is 48.7 Å². The average molecular weight is 488 g/mol. The molecule has 0 aliphatic carbocycles. The van der Waals surface area contributed by atoms with Gasteiger partial charge in [-0.15, -0.1) is 0 Å². The number of ether oxygens (including phenoxy) is 1. The number of H-pyrrole nitrogens is 1. The Bertz CT molecular complexity index is 958. The normalized spacial score (nSPS) is 21.5. The van der Waals surface area contributed by atoms with Crippen molar-refractivity contribution < 1.29 is 28.1 Å². The van der Waals surface area contributed by atoms with E-state index in [1.54, 1.807) is 23.3 Å². The van der Waals surface area contributed by atoms with Gasteiger partial charge in [0.25, 0.3) is 0 Å². The third-order valence-corrected chi connectivity index (χ3v) is 7.22. The minimum Gasteiger partial charge on any atom is -0.469 e. The largest absolute Gasteiger partial charge is 0.498 e. The number of carbonyl (C=O) groups excluding carboxylic acids is 1. The summed E-state index contributed by atoms with van der Waals surface area (Å²) in [4.78, 5) is 11.1. The van der Waals surface area contributed by atoms with Crippen LogP contribution in [0.2, 0.25) is 0 Å². The molecule has 1 N–H and O–H groups in total. The molecular formula is C23H38B2N4O6. The molecule has 0 aromatic carbocycles. The van der Waals surface area contributed by atoms with Crippen LogP contribution in [0.1, 0.15) is 68.2 Å². The van der Waals surface area contributed by atoms with Gasteiger partial charge in [-0.25, -0.2) is 0 Å². The minimum atomic E-state index is -0.399. The first kappa shape index (κ1) is 27.4. The number of aromatic nitrogens is 4. The molecule has 2 aliphatic heterocycles. The van der Waals surface area contributed by atoms with Gasteiger partial charge in [-0.05, 0) is 61.8 Å². The number of hydrogen-bond acceptors (Lipinski definition) is 8. The molecule has 4 rings (SSSR count). The molecule has 10 nitrogen and oxygen atoms in total. The van der Waals surface area contributed by atoms with Crippen molar-refractivity contribution in [1.82, 2.24) is 20.0 Å². The highest BCUT2D eigenvalue weighted by molar-refractivity contribution is 6.62. The molecule has 2 saturated heterocycles. The summed E-state index contributed by atoms with van der Waals surface area (Å²) in [7, 11) is 0.690. The van der Waals surface area contributed by atoms with Gasteiger partial charge >= 0.3 is 20.2 Å². The molecule has 192 valence electrons. The van der Waals surface area contributed by atoms with Crippen molar-refractivity contribution in [3.8, 4) is 0 Å².